The summed E-state index contributed by atoms with van der Waals surface area (Å²) in [6.45, 7) is 9.33. The number of nitrogens with one attached hydrogen (secondary N) is 2. The van der Waals surface area contributed by atoms with E-state index >= 15 is 4.39 Å². The van der Waals surface area contributed by atoms with Crippen LogP contribution in [-0.2, 0) is 23.4 Å². The molecule has 2 aromatic heterocycles. The summed E-state index contributed by atoms with van der Waals surface area (Å²) in [5.74, 6) is -0.00324. The molecule has 3 heterocycles. The molecule has 3 N–H and O–H groups in total. The standard InChI is InChI=1S/C26H36FN6O7P/c1-15(2)31-22-20-23(29-13-28-22)33(14-30-20)25-26(6,27)21(34)19(39-25)12-37-41(36,40-18-10-8-7-9-11-18)32-17(5)24(35)38-16(3)4/h7-11,13-17,19,21,25,34H,12H2,1-6H3,(H,32,36)(H,28,29,31)/t17-,19+,21+,25+,26+,41?/m0/s1. The molecule has 15 heteroatoms. The highest BCUT2D eigenvalue weighted by atomic mass is 31.2. The maximum Gasteiger partial charge on any atom is 0.459 e. The van der Waals surface area contributed by atoms with Gasteiger partial charge in [-0.3, -0.25) is 13.9 Å². The number of esters is 1. The molecule has 0 spiro atoms. The van der Waals surface area contributed by atoms with E-state index in [0.29, 0.717) is 17.0 Å². The van der Waals surface area contributed by atoms with Gasteiger partial charge in [-0.1, -0.05) is 18.2 Å². The van der Waals surface area contributed by atoms with Gasteiger partial charge in [0.15, 0.2) is 28.9 Å². The van der Waals surface area contributed by atoms with Crippen LogP contribution in [0.25, 0.3) is 11.2 Å². The molecule has 0 aliphatic carbocycles. The molecule has 1 fully saturated rings. The number of aromatic nitrogens is 4. The summed E-state index contributed by atoms with van der Waals surface area (Å²) in [6, 6.07) is 7.17. The first-order valence-corrected chi connectivity index (χ1v) is 14.8. The minimum atomic E-state index is -4.27. The topological polar surface area (TPSA) is 159 Å². The molecule has 1 aliphatic heterocycles. The zero-order chi connectivity index (χ0) is 29.9. The van der Waals surface area contributed by atoms with Crippen LogP contribution < -0.4 is 14.9 Å². The number of alkyl halides is 1. The number of rotatable bonds is 12. The van der Waals surface area contributed by atoms with E-state index in [1.54, 1.807) is 44.2 Å². The summed E-state index contributed by atoms with van der Waals surface area (Å²) in [4.78, 5) is 25.2. The molecule has 1 aromatic carbocycles. The Morgan fingerprint density at radius 1 is 1.20 bits per heavy atom. The molecule has 1 aliphatic rings. The third-order valence-corrected chi connectivity index (χ3v) is 7.83. The van der Waals surface area contributed by atoms with E-state index in [0.717, 1.165) is 0 Å². The average Bonchev–Trinajstić information content (AvgIpc) is 3.41. The predicted molar refractivity (Wildman–Crippen MR) is 148 cm³/mol. The second-order valence-electron chi connectivity index (χ2n) is 10.5. The molecule has 13 nitrogen and oxygen atoms in total. The Bertz CT molecular complexity index is 1390. The van der Waals surface area contributed by atoms with E-state index < -0.39 is 56.6 Å². The van der Waals surface area contributed by atoms with Crippen LogP contribution in [0.2, 0.25) is 0 Å². The molecule has 0 bridgehead atoms. The second-order valence-corrected chi connectivity index (χ2v) is 12.2. The van der Waals surface area contributed by atoms with Crippen molar-refractivity contribution in [3.8, 4) is 5.75 Å². The first kappa shape index (κ1) is 30.8. The van der Waals surface area contributed by atoms with Crippen molar-refractivity contribution in [2.24, 2.45) is 0 Å². The van der Waals surface area contributed by atoms with Crippen LogP contribution in [0.15, 0.2) is 43.0 Å². The monoisotopic (exact) mass is 594 g/mol. The fourth-order valence-electron chi connectivity index (χ4n) is 4.26. The zero-order valence-corrected chi connectivity index (χ0v) is 24.6. The lowest BCUT2D eigenvalue weighted by Gasteiger charge is -2.25. The number of fused-ring (bicyclic) bond motifs is 1. The van der Waals surface area contributed by atoms with Gasteiger partial charge >= 0.3 is 13.7 Å². The van der Waals surface area contributed by atoms with Gasteiger partial charge in [-0.05, 0) is 53.7 Å². The number of imidazole rings is 1. The van der Waals surface area contributed by atoms with E-state index in [1.807, 2.05) is 13.8 Å². The Balaban J connectivity index is 1.55. The Hall–Kier alpha value is -3.16. The van der Waals surface area contributed by atoms with E-state index in [-0.39, 0.29) is 11.8 Å². The first-order valence-electron chi connectivity index (χ1n) is 13.2. The number of aliphatic hydroxyl groups is 1. The highest BCUT2D eigenvalue weighted by molar-refractivity contribution is 7.52. The number of aliphatic hydroxyl groups excluding tert-OH is 1. The smallest absolute Gasteiger partial charge is 0.459 e. The minimum absolute atomic E-state index is 0.0631. The number of benzene rings is 1. The number of carbonyl (C=O) groups is 1. The van der Waals surface area contributed by atoms with Crippen molar-refractivity contribution in [1.82, 2.24) is 24.6 Å². The SMILES string of the molecule is CC(C)Nc1ncnc2c1ncn2[C@@H]1O[C@H](COP(=O)(N[C@@H](C)C(=O)OC(C)C)Oc2ccccc2)[C@@H](O)[C@@]1(C)F. The molecule has 4 rings (SSSR count). The van der Waals surface area contributed by atoms with Gasteiger partial charge in [-0.15, -0.1) is 0 Å². The van der Waals surface area contributed by atoms with Crippen LogP contribution in [0.3, 0.4) is 0 Å². The third kappa shape index (κ3) is 7.02. The number of halogens is 1. The number of carbonyl (C=O) groups excluding carboxylic acids is 1. The summed E-state index contributed by atoms with van der Waals surface area (Å²) < 4.78 is 53.5. The molecule has 6 atom stereocenters. The molecular formula is C26H36FN6O7P. The van der Waals surface area contributed by atoms with E-state index in [4.69, 9.17) is 18.5 Å². The van der Waals surface area contributed by atoms with Crippen molar-refractivity contribution in [1.29, 1.82) is 0 Å². The summed E-state index contributed by atoms with van der Waals surface area (Å²) in [5, 5.41) is 16.6. The van der Waals surface area contributed by atoms with Gasteiger partial charge < -0.3 is 24.4 Å². The third-order valence-electron chi connectivity index (χ3n) is 6.19. The molecule has 1 unspecified atom stereocenters. The number of para-hydroxylation sites is 1. The number of nitrogens with zero attached hydrogens (tertiary/aromatic N) is 4. The Kier molecular flexibility index (Phi) is 9.29. The molecule has 0 saturated carbocycles. The number of hydrogen-bond acceptors (Lipinski definition) is 11. The van der Waals surface area contributed by atoms with E-state index in [9.17, 15) is 14.5 Å². The summed E-state index contributed by atoms with van der Waals surface area (Å²) in [7, 11) is -4.27. The normalized spacial score (nSPS) is 24.9. The van der Waals surface area contributed by atoms with Crippen molar-refractivity contribution in [3.05, 3.63) is 43.0 Å². The quantitative estimate of drug-likeness (QED) is 0.206. The Morgan fingerprint density at radius 3 is 2.56 bits per heavy atom. The maximum absolute atomic E-state index is 16.0. The van der Waals surface area contributed by atoms with Gasteiger partial charge in [0, 0.05) is 6.04 Å². The van der Waals surface area contributed by atoms with Crippen LogP contribution in [-0.4, -0.2) is 73.3 Å². The van der Waals surface area contributed by atoms with Crippen molar-refractivity contribution >= 4 is 30.7 Å². The van der Waals surface area contributed by atoms with Crippen LogP contribution in [0.1, 0.15) is 47.8 Å². The fourth-order valence-corrected chi connectivity index (χ4v) is 5.76. The molecule has 224 valence electrons. The van der Waals surface area contributed by atoms with Gasteiger partial charge in [-0.25, -0.2) is 23.9 Å². The van der Waals surface area contributed by atoms with Crippen LogP contribution in [0, 0.1) is 0 Å². The predicted octanol–water partition coefficient (Wildman–Crippen LogP) is 3.77. The van der Waals surface area contributed by atoms with E-state index in [1.165, 1.54) is 31.1 Å². The van der Waals surface area contributed by atoms with Crippen molar-refractivity contribution in [2.45, 2.75) is 83.8 Å². The maximum atomic E-state index is 16.0. The Labute approximate surface area is 237 Å². The number of hydrogen-bond donors (Lipinski definition) is 3. The van der Waals surface area contributed by atoms with Crippen LogP contribution >= 0.6 is 7.75 Å². The lowest BCUT2D eigenvalue weighted by atomic mass is 9.98. The summed E-state index contributed by atoms with van der Waals surface area (Å²) >= 11 is 0. The highest BCUT2D eigenvalue weighted by Gasteiger charge is 2.56. The second kappa shape index (κ2) is 12.4. The number of ether oxygens (including phenoxy) is 2. The molecular weight excluding hydrogens is 558 g/mol. The van der Waals surface area contributed by atoms with Gasteiger partial charge in [-0.2, -0.15) is 5.09 Å². The highest BCUT2D eigenvalue weighted by Crippen LogP contribution is 2.48. The van der Waals surface area contributed by atoms with E-state index in [2.05, 4.69) is 25.4 Å². The largest absolute Gasteiger partial charge is 0.462 e. The molecule has 0 radical (unpaired) electrons. The van der Waals surface area contributed by atoms with Crippen LogP contribution in [0.4, 0.5) is 10.2 Å². The van der Waals surface area contributed by atoms with Crippen molar-refractivity contribution in [3.63, 3.8) is 0 Å². The molecule has 41 heavy (non-hydrogen) atoms. The minimum Gasteiger partial charge on any atom is -0.462 e. The van der Waals surface area contributed by atoms with Crippen LogP contribution in [0.5, 0.6) is 5.75 Å². The molecule has 1 saturated heterocycles. The molecule has 0 amide bonds. The fraction of sp³-hybridized carbons (Fsp3) is 0.538. The lowest BCUT2D eigenvalue weighted by molar-refractivity contribution is -0.149. The first-order chi connectivity index (χ1) is 19.3. The Morgan fingerprint density at radius 2 is 1.90 bits per heavy atom. The van der Waals surface area contributed by atoms with Gasteiger partial charge in [0.2, 0.25) is 0 Å². The molecule has 3 aromatic rings. The number of anilines is 1. The van der Waals surface area contributed by atoms with Crippen molar-refractivity contribution in [2.75, 3.05) is 11.9 Å². The summed E-state index contributed by atoms with van der Waals surface area (Å²) in [5.41, 5.74) is -1.62. The van der Waals surface area contributed by atoms with Crippen molar-refractivity contribution < 1.29 is 37.4 Å². The summed E-state index contributed by atoms with van der Waals surface area (Å²) in [6.07, 6.45) is -2.02. The van der Waals surface area contributed by atoms with Gasteiger partial charge in [0.05, 0.1) is 19.0 Å². The zero-order valence-electron chi connectivity index (χ0n) is 23.7. The average molecular weight is 595 g/mol. The lowest BCUT2D eigenvalue weighted by Crippen LogP contribution is -2.41. The van der Waals surface area contributed by atoms with Gasteiger partial charge in [0.1, 0.15) is 30.3 Å². The van der Waals surface area contributed by atoms with Gasteiger partial charge in [0.25, 0.3) is 0 Å².